The molecule has 3 nitrogen and oxygen atoms in total. The van der Waals surface area contributed by atoms with Crippen LogP contribution in [0.2, 0.25) is 25.7 Å². The third-order valence-corrected chi connectivity index (χ3v) is 5.79. The molecule has 0 spiro atoms. The summed E-state index contributed by atoms with van der Waals surface area (Å²) in [5.41, 5.74) is 2.59. The molecular formula is C17H21BrN2OSi. The molecule has 0 fully saturated rings. The number of benzene rings is 1. The van der Waals surface area contributed by atoms with Gasteiger partial charge in [0.15, 0.2) is 0 Å². The fraction of sp³-hybridized carbons (Fsp3) is 0.353. The van der Waals surface area contributed by atoms with Gasteiger partial charge in [-0.15, -0.1) is 0 Å². The second-order valence-corrected chi connectivity index (χ2v) is 12.9. The van der Waals surface area contributed by atoms with Crippen LogP contribution in [0.25, 0.3) is 11.3 Å². The maximum atomic E-state index is 9.38. The number of ether oxygens (including phenoxy) is 1. The van der Waals surface area contributed by atoms with Crippen molar-refractivity contribution in [2.75, 3.05) is 6.61 Å². The standard InChI is InChI=1S/C17H21BrN2OSi/c1-22(2,3)10-9-21-13-20-16(18)11-15(12-19)17(20)14-7-5-4-6-8-14/h4-8,11H,9-10,13H2,1-3H3. The number of halogens is 1. The van der Waals surface area contributed by atoms with E-state index in [1.807, 2.05) is 41.0 Å². The number of nitrogens with zero attached hydrogens (tertiary/aromatic N) is 2. The van der Waals surface area contributed by atoms with Crippen molar-refractivity contribution in [1.29, 1.82) is 5.26 Å². The van der Waals surface area contributed by atoms with Crippen molar-refractivity contribution < 1.29 is 4.74 Å². The molecule has 0 aliphatic carbocycles. The van der Waals surface area contributed by atoms with Gasteiger partial charge in [0.1, 0.15) is 12.8 Å². The van der Waals surface area contributed by atoms with Gasteiger partial charge >= 0.3 is 0 Å². The minimum Gasteiger partial charge on any atom is -0.361 e. The normalized spacial score (nSPS) is 11.4. The molecule has 1 aromatic carbocycles. The molecule has 116 valence electrons. The molecule has 22 heavy (non-hydrogen) atoms. The van der Waals surface area contributed by atoms with Gasteiger partial charge in [-0.25, -0.2) is 0 Å². The first-order valence-electron chi connectivity index (χ1n) is 7.34. The lowest BCUT2D eigenvalue weighted by atomic mass is 10.1. The molecule has 0 saturated carbocycles. The molecule has 2 rings (SSSR count). The fourth-order valence-electron chi connectivity index (χ4n) is 2.17. The summed E-state index contributed by atoms with van der Waals surface area (Å²) in [6.07, 6.45) is 0. The molecule has 0 unspecified atom stereocenters. The van der Waals surface area contributed by atoms with Gasteiger partial charge in [-0.1, -0.05) is 50.0 Å². The van der Waals surface area contributed by atoms with Crippen molar-refractivity contribution in [2.24, 2.45) is 0 Å². The van der Waals surface area contributed by atoms with Crippen molar-refractivity contribution in [3.8, 4) is 17.3 Å². The Kier molecular flexibility index (Phi) is 5.62. The first-order chi connectivity index (χ1) is 10.4. The topological polar surface area (TPSA) is 38.0 Å². The summed E-state index contributed by atoms with van der Waals surface area (Å²) < 4.78 is 8.74. The number of hydrogen-bond donors (Lipinski definition) is 0. The van der Waals surface area contributed by atoms with E-state index in [1.54, 1.807) is 0 Å². The zero-order valence-corrected chi connectivity index (χ0v) is 15.9. The Balaban J connectivity index is 2.21. The van der Waals surface area contributed by atoms with Gasteiger partial charge in [0.05, 0.1) is 15.9 Å². The van der Waals surface area contributed by atoms with Crippen LogP contribution in [-0.2, 0) is 11.5 Å². The van der Waals surface area contributed by atoms with Gasteiger partial charge < -0.3 is 9.30 Å². The maximum absolute atomic E-state index is 9.38. The second kappa shape index (κ2) is 7.27. The van der Waals surface area contributed by atoms with Crippen LogP contribution in [0.15, 0.2) is 41.0 Å². The van der Waals surface area contributed by atoms with Crippen LogP contribution in [0, 0.1) is 11.3 Å². The largest absolute Gasteiger partial charge is 0.361 e. The molecule has 1 heterocycles. The number of nitriles is 1. The predicted molar refractivity (Wildman–Crippen MR) is 96.4 cm³/mol. The highest BCUT2D eigenvalue weighted by molar-refractivity contribution is 9.10. The maximum Gasteiger partial charge on any atom is 0.123 e. The predicted octanol–water partition coefficient (Wildman–Crippen LogP) is 5.10. The van der Waals surface area contributed by atoms with E-state index in [1.165, 1.54) is 0 Å². The number of aromatic nitrogens is 1. The van der Waals surface area contributed by atoms with Crippen LogP contribution in [0.5, 0.6) is 0 Å². The Morgan fingerprint density at radius 1 is 1.23 bits per heavy atom. The summed E-state index contributed by atoms with van der Waals surface area (Å²) in [5.74, 6) is 0. The minimum atomic E-state index is -1.09. The van der Waals surface area contributed by atoms with Crippen LogP contribution in [-0.4, -0.2) is 19.2 Å². The quantitative estimate of drug-likeness (QED) is 0.519. The Morgan fingerprint density at radius 2 is 1.91 bits per heavy atom. The Hall–Kier alpha value is -1.35. The second-order valence-electron chi connectivity index (χ2n) is 6.48. The fourth-order valence-corrected chi connectivity index (χ4v) is 3.44. The van der Waals surface area contributed by atoms with Crippen LogP contribution in [0.3, 0.4) is 0 Å². The lowest BCUT2D eigenvalue weighted by Crippen LogP contribution is -2.22. The van der Waals surface area contributed by atoms with Crippen LogP contribution in [0.4, 0.5) is 0 Å². The van der Waals surface area contributed by atoms with Crippen molar-refractivity contribution in [1.82, 2.24) is 4.57 Å². The van der Waals surface area contributed by atoms with Gasteiger partial charge in [-0.2, -0.15) is 5.26 Å². The highest BCUT2D eigenvalue weighted by Gasteiger charge is 2.16. The molecule has 5 heteroatoms. The summed E-state index contributed by atoms with van der Waals surface area (Å²) in [6.45, 7) is 8.23. The van der Waals surface area contributed by atoms with Gasteiger partial charge in [-0.05, 0) is 33.6 Å². The number of hydrogen-bond acceptors (Lipinski definition) is 2. The Bertz CT molecular complexity index is 668. The van der Waals surface area contributed by atoms with Crippen molar-refractivity contribution in [2.45, 2.75) is 32.4 Å². The zero-order valence-electron chi connectivity index (χ0n) is 13.3. The van der Waals surface area contributed by atoms with Crippen LogP contribution >= 0.6 is 15.9 Å². The lowest BCUT2D eigenvalue weighted by Gasteiger charge is -2.17. The zero-order chi connectivity index (χ0) is 16.2. The summed E-state index contributed by atoms with van der Waals surface area (Å²) in [7, 11) is -1.09. The molecule has 0 radical (unpaired) electrons. The average Bonchev–Trinajstić information content (AvgIpc) is 2.80. The van der Waals surface area contributed by atoms with E-state index in [0.29, 0.717) is 12.3 Å². The first kappa shape index (κ1) is 17.0. The molecule has 0 bridgehead atoms. The molecule has 2 aromatic rings. The third kappa shape index (κ3) is 4.32. The minimum absolute atomic E-state index is 0.455. The summed E-state index contributed by atoms with van der Waals surface area (Å²) in [4.78, 5) is 0. The van der Waals surface area contributed by atoms with Crippen molar-refractivity contribution in [3.05, 3.63) is 46.6 Å². The van der Waals surface area contributed by atoms with Gasteiger partial charge in [0.2, 0.25) is 0 Å². The smallest absolute Gasteiger partial charge is 0.123 e. The van der Waals surface area contributed by atoms with E-state index in [4.69, 9.17) is 4.74 Å². The number of rotatable bonds is 6. The average molecular weight is 377 g/mol. The van der Waals surface area contributed by atoms with E-state index in [2.05, 4.69) is 41.6 Å². The third-order valence-electron chi connectivity index (χ3n) is 3.43. The van der Waals surface area contributed by atoms with Crippen molar-refractivity contribution >= 4 is 24.0 Å². The van der Waals surface area contributed by atoms with E-state index in [-0.39, 0.29) is 0 Å². The van der Waals surface area contributed by atoms with E-state index in [0.717, 1.165) is 28.5 Å². The molecule has 0 amide bonds. The van der Waals surface area contributed by atoms with Gasteiger partial charge in [0.25, 0.3) is 0 Å². The van der Waals surface area contributed by atoms with E-state index >= 15 is 0 Å². The molecule has 0 N–H and O–H groups in total. The summed E-state index contributed by atoms with van der Waals surface area (Å²) >= 11 is 3.54. The molecule has 0 aliphatic rings. The molecular weight excluding hydrogens is 356 g/mol. The van der Waals surface area contributed by atoms with E-state index in [9.17, 15) is 5.26 Å². The Labute approximate surface area is 141 Å². The summed E-state index contributed by atoms with van der Waals surface area (Å²) in [6, 6.07) is 15.2. The van der Waals surface area contributed by atoms with Gasteiger partial charge in [-0.3, -0.25) is 0 Å². The molecule has 0 atom stereocenters. The summed E-state index contributed by atoms with van der Waals surface area (Å²) in [5, 5.41) is 9.38. The van der Waals surface area contributed by atoms with Gasteiger partial charge in [0, 0.05) is 14.7 Å². The van der Waals surface area contributed by atoms with Crippen LogP contribution < -0.4 is 0 Å². The highest BCUT2D eigenvalue weighted by atomic mass is 79.9. The Morgan fingerprint density at radius 3 is 2.50 bits per heavy atom. The SMILES string of the molecule is C[Si](C)(C)CCOCn1c(Br)cc(C#N)c1-c1ccccc1. The van der Waals surface area contributed by atoms with Crippen molar-refractivity contribution in [3.63, 3.8) is 0 Å². The lowest BCUT2D eigenvalue weighted by molar-refractivity contribution is 0.0871. The monoisotopic (exact) mass is 376 g/mol. The molecule has 0 saturated heterocycles. The van der Waals surface area contributed by atoms with E-state index < -0.39 is 8.07 Å². The first-order valence-corrected chi connectivity index (χ1v) is 11.8. The van der Waals surface area contributed by atoms with Crippen LogP contribution in [0.1, 0.15) is 5.56 Å². The highest BCUT2D eigenvalue weighted by Crippen LogP contribution is 2.30. The molecule has 0 aliphatic heterocycles. The molecule has 1 aromatic heterocycles.